The minimum atomic E-state index is -0.276. The number of hydrogen-bond acceptors (Lipinski definition) is 1. The molecule has 0 N–H and O–H groups in total. The maximum Gasteiger partial charge on any atom is 0.175 e. The summed E-state index contributed by atoms with van der Waals surface area (Å²) in [6, 6.07) is 32.6. The summed E-state index contributed by atoms with van der Waals surface area (Å²) in [5.74, 6) is -0.106. The minimum absolute atomic E-state index is 0.170. The van der Waals surface area contributed by atoms with Gasteiger partial charge in [-0.05, 0) is 39.1 Å². The van der Waals surface area contributed by atoms with E-state index in [2.05, 4.69) is 36.4 Å². The van der Waals surface area contributed by atoms with Crippen LogP contribution in [-0.2, 0) is 0 Å². The van der Waals surface area contributed by atoms with Crippen molar-refractivity contribution in [2.75, 3.05) is 0 Å². The van der Waals surface area contributed by atoms with Crippen LogP contribution in [0, 0.1) is 0 Å². The standard InChI is InChI=1S/C26H18O/c27-26-22-16-15-19-11-7-8-14-21(19)24(22)17-23(18-9-3-1-4-10-18)25(26)20-12-5-2-6-13-20/h1-17,25H. The normalized spacial score (nSPS) is 16.1. The Morgan fingerprint density at radius 3 is 2.07 bits per heavy atom. The topological polar surface area (TPSA) is 17.1 Å². The molecular formula is C26H18O. The van der Waals surface area contributed by atoms with Gasteiger partial charge in [0.05, 0.1) is 5.92 Å². The lowest BCUT2D eigenvalue weighted by molar-refractivity contribution is 0.0978. The minimum Gasteiger partial charge on any atom is -0.293 e. The van der Waals surface area contributed by atoms with Crippen LogP contribution >= 0.6 is 0 Å². The molecule has 0 saturated carbocycles. The van der Waals surface area contributed by atoms with Gasteiger partial charge in [0.25, 0.3) is 0 Å². The summed E-state index contributed by atoms with van der Waals surface area (Å²) in [4.78, 5) is 13.6. The molecular weight excluding hydrogens is 328 g/mol. The molecule has 1 aliphatic carbocycles. The lowest BCUT2D eigenvalue weighted by Crippen LogP contribution is -2.19. The van der Waals surface area contributed by atoms with E-state index in [9.17, 15) is 4.79 Å². The number of carbonyl (C=O) groups excluding carboxylic acids is 1. The van der Waals surface area contributed by atoms with Crippen LogP contribution in [0.3, 0.4) is 0 Å². The molecule has 0 aromatic heterocycles. The first kappa shape index (κ1) is 15.8. The largest absolute Gasteiger partial charge is 0.293 e. The second-order valence-electron chi connectivity index (χ2n) is 6.92. The molecule has 1 aliphatic rings. The van der Waals surface area contributed by atoms with Crippen molar-refractivity contribution in [3.05, 3.63) is 119 Å². The summed E-state index contributed by atoms with van der Waals surface area (Å²) >= 11 is 0. The van der Waals surface area contributed by atoms with Crippen molar-refractivity contribution in [3.8, 4) is 0 Å². The Hall–Kier alpha value is -3.45. The van der Waals surface area contributed by atoms with Crippen LogP contribution in [0.15, 0.2) is 97.1 Å². The number of hydrogen-bond donors (Lipinski definition) is 0. The van der Waals surface area contributed by atoms with Gasteiger partial charge in [-0.2, -0.15) is 0 Å². The molecule has 5 rings (SSSR count). The van der Waals surface area contributed by atoms with Crippen LogP contribution in [0.2, 0.25) is 0 Å². The Labute approximate surface area is 158 Å². The van der Waals surface area contributed by atoms with E-state index in [0.29, 0.717) is 0 Å². The number of Topliss-reactive ketones (excluding diaryl/α,β-unsaturated/α-hetero) is 1. The second-order valence-corrected chi connectivity index (χ2v) is 6.92. The lowest BCUT2D eigenvalue weighted by Gasteiger charge is -2.26. The Bertz CT molecular complexity index is 1170. The van der Waals surface area contributed by atoms with E-state index in [1.54, 1.807) is 0 Å². The molecule has 1 unspecified atom stereocenters. The quantitative estimate of drug-likeness (QED) is 0.413. The first-order valence-corrected chi connectivity index (χ1v) is 9.21. The van der Waals surface area contributed by atoms with Gasteiger partial charge < -0.3 is 0 Å². The van der Waals surface area contributed by atoms with Gasteiger partial charge in [0.15, 0.2) is 5.78 Å². The number of allylic oxidation sites excluding steroid dienone is 1. The van der Waals surface area contributed by atoms with E-state index in [0.717, 1.165) is 38.6 Å². The van der Waals surface area contributed by atoms with Crippen molar-refractivity contribution >= 4 is 28.2 Å². The fraction of sp³-hybridized carbons (Fsp3) is 0.0385. The molecule has 0 saturated heterocycles. The third-order valence-corrected chi connectivity index (χ3v) is 5.35. The molecule has 0 radical (unpaired) electrons. The van der Waals surface area contributed by atoms with Crippen LogP contribution < -0.4 is 0 Å². The Morgan fingerprint density at radius 2 is 1.30 bits per heavy atom. The number of ketones is 1. The van der Waals surface area contributed by atoms with E-state index in [1.807, 2.05) is 66.7 Å². The van der Waals surface area contributed by atoms with Crippen molar-refractivity contribution in [2.45, 2.75) is 5.92 Å². The fourth-order valence-corrected chi connectivity index (χ4v) is 4.06. The van der Waals surface area contributed by atoms with Crippen molar-refractivity contribution in [1.29, 1.82) is 0 Å². The van der Waals surface area contributed by atoms with Gasteiger partial charge in [-0.1, -0.05) is 97.1 Å². The summed E-state index contributed by atoms with van der Waals surface area (Å²) in [6.07, 6.45) is 2.21. The van der Waals surface area contributed by atoms with Crippen molar-refractivity contribution < 1.29 is 4.79 Å². The molecule has 0 aliphatic heterocycles. The summed E-state index contributed by atoms with van der Waals surface area (Å²) in [5.41, 5.74) is 5.04. The van der Waals surface area contributed by atoms with E-state index in [-0.39, 0.29) is 11.7 Å². The van der Waals surface area contributed by atoms with Gasteiger partial charge in [-0.3, -0.25) is 4.79 Å². The van der Waals surface area contributed by atoms with Crippen molar-refractivity contribution in [2.24, 2.45) is 0 Å². The van der Waals surface area contributed by atoms with Crippen LogP contribution in [0.5, 0.6) is 0 Å². The number of rotatable bonds is 2. The highest BCUT2D eigenvalue weighted by Crippen LogP contribution is 2.42. The van der Waals surface area contributed by atoms with Crippen LogP contribution in [0.1, 0.15) is 33.0 Å². The number of carbonyl (C=O) groups is 1. The average molecular weight is 346 g/mol. The molecule has 1 atom stereocenters. The first-order valence-electron chi connectivity index (χ1n) is 9.21. The van der Waals surface area contributed by atoms with Crippen molar-refractivity contribution in [3.63, 3.8) is 0 Å². The Morgan fingerprint density at radius 1 is 0.630 bits per heavy atom. The van der Waals surface area contributed by atoms with Crippen LogP contribution in [0.25, 0.3) is 22.4 Å². The lowest BCUT2D eigenvalue weighted by atomic mass is 9.75. The summed E-state index contributed by atoms with van der Waals surface area (Å²) < 4.78 is 0. The van der Waals surface area contributed by atoms with Gasteiger partial charge >= 0.3 is 0 Å². The monoisotopic (exact) mass is 346 g/mol. The predicted octanol–water partition coefficient (Wildman–Crippen LogP) is 6.36. The molecule has 0 spiro atoms. The zero-order chi connectivity index (χ0) is 18.2. The van der Waals surface area contributed by atoms with Gasteiger partial charge in [0.2, 0.25) is 0 Å². The molecule has 27 heavy (non-hydrogen) atoms. The third-order valence-electron chi connectivity index (χ3n) is 5.35. The second kappa shape index (κ2) is 6.37. The first-order chi connectivity index (χ1) is 13.3. The van der Waals surface area contributed by atoms with Crippen molar-refractivity contribution in [1.82, 2.24) is 0 Å². The van der Waals surface area contributed by atoms with Crippen LogP contribution in [-0.4, -0.2) is 5.78 Å². The zero-order valence-corrected chi connectivity index (χ0v) is 14.8. The van der Waals surface area contributed by atoms with E-state index in [4.69, 9.17) is 0 Å². The van der Waals surface area contributed by atoms with Gasteiger partial charge in [0, 0.05) is 5.56 Å². The van der Waals surface area contributed by atoms with Crippen LogP contribution in [0.4, 0.5) is 0 Å². The molecule has 4 aromatic carbocycles. The smallest absolute Gasteiger partial charge is 0.175 e. The fourth-order valence-electron chi connectivity index (χ4n) is 4.06. The average Bonchev–Trinajstić information content (AvgIpc) is 2.74. The molecule has 4 aromatic rings. The Kier molecular flexibility index (Phi) is 3.72. The molecule has 0 heterocycles. The zero-order valence-electron chi connectivity index (χ0n) is 14.8. The third kappa shape index (κ3) is 2.60. The summed E-state index contributed by atoms with van der Waals surface area (Å²) in [6.45, 7) is 0. The maximum absolute atomic E-state index is 13.6. The highest BCUT2D eigenvalue weighted by atomic mass is 16.1. The molecule has 0 amide bonds. The molecule has 1 heteroatoms. The van der Waals surface area contributed by atoms with Gasteiger partial charge in [-0.15, -0.1) is 0 Å². The highest BCUT2D eigenvalue weighted by molar-refractivity contribution is 6.19. The van der Waals surface area contributed by atoms with Gasteiger partial charge in [-0.25, -0.2) is 0 Å². The maximum atomic E-state index is 13.6. The Balaban J connectivity index is 1.81. The van der Waals surface area contributed by atoms with Gasteiger partial charge in [0.1, 0.15) is 0 Å². The molecule has 1 nitrogen and oxygen atoms in total. The molecule has 128 valence electrons. The molecule has 0 fully saturated rings. The highest BCUT2D eigenvalue weighted by Gasteiger charge is 2.32. The predicted molar refractivity (Wildman–Crippen MR) is 112 cm³/mol. The van der Waals surface area contributed by atoms with E-state index < -0.39 is 0 Å². The molecule has 0 bridgehead atoms. The van der Waals surface area contributed by atoms with E-state index >= 15 is 0 Å². The SMILES string of the molecule is O=C1c2ccc3ccccc3c2C=C(c2ccccc2)C1c1ccccc1. The number of fused-ring (bicyclic) bond motifs is 3. The summed E-state index contributed by atoms with van der Waals surface area (Å²) in [7, 11) is 0. The summed E-state index contributed by atoms with van der Waals surface area (Å²) in [5, 5.41) is 2.29. The number of benzene rings is 4. The van der Waals surface area contributed by atoms with E-state index in [1.165, 1.54) is 0 Å².